The fourth-order valence-corrected chi connectivity index (χ4v) is 3.68. The lowest BCUT2D eigenvalue weighted by Crippen LogP contribution is -2.05. The average molecular weight is 375 g/mol. The van der Waals surface area contributed by atoms with E-state index in [1.165, 1.54) is 11.8 Å². The highest BCUT2D eigenvalue weighted by atomic mass is 35.5. The van der Waals surface area contributed by atoms with Crippen molar-refractivity contribution >= 4 is 29.1 Å². The van der Waals surface area contributed by atoms with Crippen molar-refractivity contribution < 1.29 is 4.79 Å². The molecule has 0 saturated carbocycles. The molecule has 2 heterocycles. The first-order valence-corrected chi connectivity index (χ1v) is 9.19. The lowest BCUT2D eigenvalue weighted by atomic mass is 10.2. The van der Waals surface area contributed by atoms with Gasteiger partial charge in [-0.15, -0.1) is 10.2 Å². The number of aromatic nitrogens is 4. The number of carbonyl (C=O) groups is 1. The smallest absolute Gasteiger partial charge is 0.191 e. The Morgan fingerprint density at radius 1 is 1.16 bits per heavy atom. The number of rotatable bonds is 5. The van der Waals surface area contributed by atoms with Crippen molar-refractivity contribution in [2.75, 3.05) is 5.75 Å². The van der Waals surface area contributed by atoms with Crippen molar-refractivity contribution in [3.63, 3.8) is 0 Å². The van der Waals surface area contributed by atoms with Crippen LogP contribution < -0.4 is 0 Å². The molecule has 7 heteroatoms. The molecular weight excluding hydrogens is 356 g/mol. The van der Waals surface area contributed by atoms with Crippen LogP contribution in [-0.4, -0.2) is 30.9 Å². The molecule has 3 aromatic rings. The summed E-state index contributed by atoms with van der Waals surface area (Å²) in [6.07, 6.45) is 0. The van der Waals surface area contributed by atoms with Crippen molar-refractivity contribution in [3.8, 4) is 11.4 Å². The molecule has 2 aromatic heterocycles. The molecule has 0 bridgehead atoms. The summed E-state index contributed by atoms with van der Waals surface area (Å²) in [7, 11) is 3.84. The maximum absolute atomic E-state index is 12.5. The van der Waals surface area contributed by atoms with E-state index in [2.05, 4.69) is 10.2 Å². The van der Waals surface area contributed by atoms with Crippen molar-refractivity contribution in [2.24, 2.45) is 14.1 Å². The number of ketones is 1. The highest BCUT2D eigenvalue weighted by Crippen LogP contribution is 2.28. The van der Waals surface area contributed by atoms with E-state index in [0.717, 1.165) is 22.5 Å². The molecule has 0 saturated heterocycles. The first-order chi connectivity index (χ1) is 11.9. The zero-order valence-electron chi connectivity index (χ0n) is 14.6. The molecule has 1 aromatic carbocycles. The molecular formula is C18H19ClN4OS. The van der Waals surface area contributed by atoms with Gasteiger partial charge in [0.25, 0.3) is 0 Å². The van der Waals surface area contributed by atoms with Gasteiger partial charge in [-0.1, -0.05) is 35.5 Å². The van der Waals surface area contributed by atoms with E-state index < -0.39 is 0 Å². The molecule has 0 aliphatic heterocycles. The third-order valence-corrected chi connectivity index (χ3v) is 5.71. The van der Waals surface area contributed by atoms with Crippen LogP contribution in [0.3, 0.4) is 0 Å². The molecule has 0 N–H and O–H groups in total. The molecule has 0 aliphatic carbocycles. The highest BCUT2D eigenvalue weighted by molar-refractivity contribution is 7.99. The van der Waals surface area contributed by atoms with Gasteiger partial charge in [-0.2, -0.15) is 0 Å². The lowest BCUT2D eigenvalue weighted by Gasteiger charge is -2.05. The second kappa shape index (κ2) is 7.06. The Morgan fingerprint density at radius 3 is 2.52 bits per heavy atom. The summed E-state index contributed by atoms with van der Waals surface area (Å²) >= 11 is 7.62. The minimum Gasteiger partial charge on any atom is -0.351 e. The van der Waals surface area contributed by atoms with E-state index in [0.29, 0.717) is 21.8 Å². The Kier molecular flexibility index (Phi) is 5.01. The maximum atomic E-state index is 12.5. The number of benzene rings is 1. The molecule has 0 aliphatic rings. The number of hydrogen-bond donors (Lipinski definition) is 0. The zero-order valence-corrected chi connectivity index (χ0v) is 16.1. The van der Waals surface area contributed by atoms with Gasteiger partial charge in [0.1, 0.15) is 0 Å². The summed E-state index contributed by atoms with van der Waals surface area (Å²) in [4.78, 5) is 12.5. The summed E-state index contributed by atoms with van der Waals surface area (Å²) < 4.78 is 3.89. The van der Waals surface area contributed by atoms with E-state index >= 15 is 0 Å². The Balaban J connectivity index is 1.77. The van der Waals surface area contributed by atoms with Crippen LogP contribution in [0.1, 0.15) is 21.7 Å². The van der Waals surface area contributed by atoms with Gasteiger partial charge < -0.3 is 9.13 Å². The number of halogens is 1. The van der Waals surface area contributed by atoms with Gasteiger partial charge in [-0.25, -0.2) is 0 Å². The van der Waals surface area contributed by atoms with Crippen molar-refractivity contribution in [1.29, 1.82) is 0 Å². The molecule has 25 heavy (non-hydrogen) atoms. The third-order valence-electron chi connectivity index (χ3n) is 4.36. The summed E-state index contributed by atoms with van der Waals surface area (Å²) in [6.45, 7) is 3.96. The summed E-state index contributed by atoms with van der Waals surface area (Å²) in [5.74, 6) is 1.10. The molecule has 0 spiro atoms. The third kappa shape index (κ3) is 3.37. The summed E-state index contributed by atoms with van der Waals surface area (Å²) in [6, 6.07) is 9.45. The van der Waals surface area contributed by atoms with Crippen LogP contribution in [0, 0.1) is 13.8 Å². The van der Waals surface area contributed by atoms with Gasteiger partial charge in [0, 0.05) is 36.6 Å². The predicted octanol–water partition coefficient (Wildman–Crippen LogP) is 4.07. The van der Waals surface area contributed by atoms with Crippen LogP contribution >= 0.6 is 23.4 Å². The monoisotopic (exact) mass is 374 g/mol. The van der Waals surface area contributed by atoms with Crippen LogP contribution in [0.25, 0.3) is 11.4 Å². The molecule has 3 rings (SSSR count). The number of aryl methyl sites for hydroxylation is 1. The molecule has 5 nitrogen and oxygen atoms in total. The first-order valence-electron chi connectivity index (χ1n) is 7.83. The van der Waals surface area contributed by atoms with Gasteiger partial charge in [0.05, 0.1) is 10.8 Å². The summed E-state index contributed by atoms with van der Waals surface area (Å²) in [5.41, 5.74) is 3.65. The minimum absolute atomic E-state index is 0.0912. The minimum atomic E-state index is 0.0912. The number of carbonyl (C=O) groups excluding carboxylic acids is 1. The van der Waals surface area contributed by atoms with Crippen molar-refractivity contribution in [2.45, 2.75) is 19.0 Å². The molecule has 0 unspecified atom stereocenters. The number of Topliss-reactive ketones (excluding diaryl/α,β-unsaturated/α-hetero) is 1. The molecule has 0 radical (unpaired) electrons. The Labute approximate surface area is 156 Å². The first kappa shape index (κ1) is 17.8. The number of thioether (sulfide) groups is 1. The zero-order chi connectivity index (χ0) is 18.1. The van der Waals surface area contributed by atoms with Crippen LogP contribution in [-0.2, 0) is 14.1 Å². The fourth-order valence-electron chi connectivity index (χ4n) is 2.66. The Bertz CT molecular complexity index is 945. The standard InChI is InChI=1S/C18H19ClN4OS/c1-11-9-14(12(2)22(11)3)16(24)10-25-18-21-20-17(23(18)4)13-7-5-6-8-15(13)19/h5-9H,10H2,1-4H3. The molecule has 0 atom stereocenters. The summed E-state index contributed by atoms with van der Waals surface area (Å²) in [5, 5.41) is 9.74. The highest BCUT2D eigenvalue weighted by Gasteiger charge is 2.17. The van der Waals surface area contributed by atoms with Crippen LogP contribution in [0.15, 0.2) is 35.5 Å². The van der Waals surface area contributed by atoms with Crippen LogP contribution in [0.2, 0.25) is 5.02 Å². The quantitative estimate of drug-likeness (QED) is 0.499. The topological polar surface area (TPSA) is 52.7 Å². The van der Waals surface area contributed by atoms with E-state index in [-0.39, 0.29) is 5.78 Å². The maximum Gasteiger partial charge on any atom is 0.191 e. The number of hydrogen-bond acceptors (Lipinski definition) is 4. The molecule has 0 amide bonds. The van der Waals surface area contributed by atoms with E-state index in [9.17, 15) is 4.79 Å². The molecule has 0 fully saturated rings. The predicted molar refractivity (Wildman–Crippen MR) is 101 cm³/mol. The van der Waals surface area contributed by atoms with E-state index in [1.807, 2.05) is 67.4 Å². The normalized spacial score (nSPS) is 11.1. The van der Waals surface area contributed by atoms with Crippen LogP contribution in [0.5, 0.6) is 0 Å². The fraction of sp³-hybridized carbons (Fsp3) is 0.278. The van der Waals surface area contributed by atoms with Gasteiger partial charge in [0.2, 0.25) is 0 Å². The Morgan fingerprint density at radius 2 is 1.88 bits per heavy atom. The van der Waals surface area contributed by atoms with Crippen molar-refractivity contribution in [1.82, 2.24) is 19.3 Å². The van der Waals surface area contributed by atoms with E-state index in [4.69, 9.17) is 11.6 Å². The van der Waals surface area contributed by atoms with Gasteiger partial charge in [-0.05, 0) is 32.0 Å². The molecule has 130 valence electrons. The van der Waals surface area contributed by atoms with Gasteiger partial charge >= 0.3 is 0 Å². The van der Waals surface area contributed by atoms with Gasteiger partial charge in [0.15, 0.2) is 16.8 Å². The Hall–Kier alpha value is -2.05. The second-order valence-corrected chi connectivity index (χ2v) is 7.25. The number of nitrogens with zero attached hydrogens (tertiary/aromatic N) is 4. The van der Waals surface area contributed by atoms with E-state index in [1.54, 1.807) is 0 Å². The lowest BCUT2D eigenvalue weighted by molar-refractivity contribution is 0.102. The van der Waals surface area contributed by atoms with Crippen molar-refractivity contribution in [3.05, 3.63) is 52.3 Å². The second-order valence-electron chi connectivity index (χ2n) is 5.90. The van der Waals surface area contributed by atoms with Gasteiger partial charge in [-0.3, -0.25) is 4.79 Å². The van der Waals surface area contributed by atoms with Crippen LogP contribution in [0.4, 0.5) is 0 Å². The SMILES string of the molecule is Cc1cc(C(=O)CSc2nnc(-c3ccccc3Cl)n2C)c(C)n1C. The average Bonchev–Trinajstić information content (AvgIpc) is 3.08. The largest absolute Gasteiger partial charge is 0.351 e.